The van der Waals surface area contributed by atoms with Crippen LogP contribution in [0.5, 0.6) is 5.75 Å². The maximum Gasteiger partial charge on any atom is 0.410 e. The van der Waals surface area contributed by atoms with Gasteiger partial charge in [-0.1, -0.05) is 0 Å². The number of nitrogens with zero attached hydrogens (tertiary/aromatic N) is 3. The van der Waals surface area contributed by atoms with Crippen LogP contribution in [0.4, 0.5) is 4.79 Å². The molecule has 1 amide bonds. The summed E-state index contributed by atoms with van der Waals surface area (Å²) in [7, 11) is 4.26. The molecule has 0 spiro atoms. The third kappa shape index (κ3) is 5.16. The van der Waals surface area contributed by atoms with Gasteiger partial charge in [0.2, 0.25) is 0 Å². The van der Waals surface area contributed by atoms with Crippen molar-refractivity contribution in [3.63, 3.8) is 0 Å². The third-order valence-electron chi connectivity index (χ3n) is 5.69. The van der Waals surface area contributed by atoms with Gasteiger partial charge >= 0.3 is 6.09 Å². The highest BCUT2D eigenvalue weighted by Crippen LogP contribution is 2.35. The van der Waals surface area contributed by atoms with Crippen molar-refractivity contribution >= 4 is 6.09 Å². The molecule has 1 aromatic rings. The minimum atomic E-state index is -0.458. The summed E-state index contributed by atoms with van der Waals surface area (Å²) in [6.07, 6.45) is 7.10. The van der Waals surface area contributed by atoms with E-state index in [-0.39, 0.29) is 12.2 Å². The van der Waals surface area contributed by atoms with E-state index >= 15 is 0 Å². The SMILES string of the molecule is CN(C)[C@@H]1CCC[C@@H]1Oc1cccnc1C1CCN(C(=O)OC(C)(C)C)CC1. The molecule has 1 aromatic heterocycles. The zero-order chi connectivity index (χ0) is 20.3. The lowest BCUT2D eigenvalue weighted by molar-refractivity contribution is 0.0203. The number of aromatic nitrogens is 1. The van der Waals surface area contributed by atoms with Gasteiger partial charge in [0.05, 0.1) is 5.69 Å². The van der Waals surface area contributed by atoms with E-state index in [1.54, 1.807) is 0 Å². The lowest BCUT2D eigenvalue weighted by Crippen LogP contribution is -2.41. The minimum Gasteiger partial charge on any atom is -0.487 e. The molecule has 2 aliphatic rings. The van der Waals surface area contributed by atoms with Gasteiger partial charge in [0, 0.05) is 31.2 Å². The van der Waals surface area contributed by atoms with Gasteiger partial charge in [0.25, 0.3) is 0 Å². The maximum atomic E-state index is 12.3. The summed E-state index contributed by atoms with van der Waals surface area (Å²) in [5.41, 5.74) is 0.580. The molecular weight excluding hydrogens is 354 g/mol. The van der Waals surface area contributed by atoms with Crippen molar-refractivity contribution in [2.45, 2.75) is 76.5 Å². The van der Waals surface area contributed by atoms with Crippen molar-refractivity contribution < 1.29 is 14.3 Å². The Hall–Kier alpha value is -1.82. The number of carbonyl (C=O) groups is 1. The first-order valence-electron chi connectivity index (χ1n) is 10.5. The molecule has 1 saturated heterocycles. The second-order valence-electron chi connectivity index (χ2n) is 9.25. The van der Waals surface area contributed by atoms with E-state index in [1.165, 1.54) is 12.8 Å². The number of ether oxygens (including phenoxy) is 2. The van der Waals surface area contributed by atoms with Crippen molar-refractivity contribution in [2.75, 3.05) is 27.2 Å². The molecule has 0 aromatic carbocycles. The molecule has 2 heterocycles. The van der Waals surface area contributed by atoms with Crippen molar-refractivity contribution in [2.24, 2.45) is 0 Å². The van der Waals surface area contributed by atoms with Crippen LogP contribution >= 0.6 is 0 Å². The van der Waals surface area contributed by atoms with E-state index in [9.17, 15) is 4.79 Å². The molecule has 6 heteroatoms. The molecule has 0 unspecified atom stereocenters. The van der Waals surface area contributed by atoms with Gasteiger partial charge in [0.15, 0.2) is 0 Å². The standard InChI is InChI=1S/C22H35N3O3/c1-22(2,3)28-21(26)25-14-11-16(12-15-25)20-19(10-7-13-23-20)27-18-9-6-8-17(18)24(4)5/h7,10,13,16-18H,6,8-9,11-12,14-15H2,1-5H3/t17-,18+/m1/s1. The molecule has 3 rings (SSSR count). The van der Waals surface area contributed by atoms with E-state index in [4.69, 9.17) is 9.47 Å². The van der Waals surface area contributed by atoms with Gasteiger partial charge < -0.3 is 19.3 Å². The summed E-state index contributed by atoms with van der Waals surface area (Å²) in [4.78, 5) is 21.1. The Morgan fingerprint density at radius 3 is 2.54 bits per heavy atom. The summed E-state index contributed by atoms with van der Waals surface area (Å²) in [6, 6.07) is 4.46. The quantitative estimate of drug-likeness (QED) is 0.777. The third-order valence-corrected chi connectivity index (χ3v) is 5.69. The van der Waals surface area contributed by atoms with Crippen LogP contribution in [0.15, 0.2) is 18.3 Å². The fourth-order valence-electron chi connectivity index (χ4n) is 4.27. The molecule has 156 valence electrons. The highest BCUT2D eigenvalue weighted by Gasteiger charge is 2.33. The molecule has 0 bridgehead atoms. The molecule has 0 N–H and O–H groups in total. The monoisotopic (exact) mass is 389 g/mol. The fourth-order valence-corrected chi connectivity index (χ4v) is 4.27. The molecule has 6 nitrogen and oxygen atoms in total. The van der Waals surface area contributed by atoms with E-state index in [1.807, 2.05) is 44.0 Å². The van der Waals surface area contributed by atoms with Crippen LogP contribution < -0.4 is 4.74 Å². The van der Waals surface area contributed by atoms with E-state index < -0.39 is 5.60 Å². The number of likely N-dealkylation sites (N-methyl/N-ethyl adjacent to an activating group) is 1. The van der Waals surface area contributed by atoms with E-state index in [0.29, 0.717) is 25.0 Å². The Bertz CT molecular complexity index is 663. The van der Waals surface area contributed by atoms with E-state index in [0.717, 1.165) is 30.7 Å². The number of amides is 1. The van der Waals surface area contributed by atoms with Crippen LogP contribution in [-0.2, 0) is 4.74 Å². The Balaban J connectivity index is 1.63. The molecule has 2 fully saturated rings. The van der Waals surface area contributed by atoms with E-state index in [2.05, 4.69) is 24.0 Å². The largest absolute Gasteiger partial charge is 0.487 e. The van der Waals surface area contributed by atoms with Gasteiger partial charge in [-0.15, -0.1) is 0 Å². The van der Waals surface area contributed by atoms with Gasteiger partial charge in [-0.25, -0.2) is 4.79 Å². The first-order valence-corrected chi connectivity index (χ1v) is 10.5. The van der Waals surface area contributed by atoms with Crippen LogP contribution in [0, 0.1) is 0 Å². The molecule has 0 radical (unpaired) electrons. The van der Waals surface area contributed by atoms with Crippen molar-refractivity contribution in [1.82, 2.24) is 14.8 Å². The molecule has 2 atom stereocenters. The Morgan fingerprint density at radius 1 is 1.18 bits per heavy atom. The second-order valence-corrected chi connectivity index (χ2v) is 9.25. The van der Waals surface area contributed by atoms with Crippen LogP contribution in [0.25, 0.3) is 0 Å². The molecule has 1 saturated carbocycles. The number of pyridine rings is 1. The predicted molar refractivity (Wildman–Crippen MR) is 110 cm³/mol. The number of hydrogen-bond acceptors (Lipinski definition) is 5. The van der Waals surface area contributed by atoms with Crippen molar-refractivity contribution in [3.8, 4) is 5.75 Å². The first kappa shape index (κ1) is 20.9. The predicted octanol–water partition coefficient (Wildman–Crippen LogP) is 4.06. The Morgan fingerprint density at radius 2 is 1.89 bits per heavy atom. The maximum absolute atomic E-state index is 12.3. The number of likely N-dealkylation sites (tertiary alicyclic amines) is 1. The van der Waals surface area contributed by atoms with Gasteiger partial charge in [0.1, 0.15) is 17.5 Å². The topological polar surface area (TPSA) is 54.9 Å². The minimum absolute atomic E-state index is 0.219. The highest BCUT2D eigenvalue weighted by atomic mass is 16.6. The van der Waals surface area contributed by atoms with Crippen LogP contribution in [0.1, 0.15) is 64.5 Å². The first-order chi connectivity index (χ1) is 13.2. The number of rotatable bonds is 4. The molecule has 1 aliphatic heterocycles. The Labute approximate surface area is 169 Å². The fraction of sp³-hybridized carbons (Fsp3) is 0.727. The zero-order valence-corrected chi connectivity index (χ0v) is 18.0. The second kappa shape index (κ2) is 8.68. The average Bonchev–Trinajstić information content (AvgIpc) is 3.09. The summed E-state index contributed by atoms with van der Waals surface area (Å²) in [5, 5.41) is 0. The number of piperidine rings is 1. The normalized spacial score (nSPS) is 23.9. The van der Waals surface area contributed by atoms with Crippen molar-refractivity contribution in [1.29, 1.82) is 0 Å². The molecular formula is C22H35N3O3. The van der Waals surface area contributed by atoms with Crippen LogP contribution in [0.2, 0.25) is 0 Å². The summed E-state index contributed by atoms with van der Waals surface area (Å²) in [5.74, 6) is 1.23. The average molecular weight is 390 g/mol. The smallest absolute Gasteiger partial charge is 0.410 e. The zero-order valence-electron chi connectivity index (χ0n) is 18.0. The van der Waals surface area contributed by atoms with Gasteiger partial charge in [-0.2, -0.15) is 0 Å². The summed E-state index contributed by atoms with van der Waals surface area (Å²) in [6.45, 7) is 7.09. The molecule has 1 aliphatic carbocycles. The highest BCUT2D eigenvalue weighted by molar-refractivity contribution is 5.68. The number of hydrogen-bond donors (Lipinski definition) is 0. The molecule has 28 heavy (non-hydrogen) atoms. The Kier molecular flexibility index (Phi) is 6.48. The summed E-state index contributed by atoms with van der Waals surface area (Å²) < 4.78 is 12.0. The summed E-state index contributed by atoms with van der Waals surface area (Å²) >= 11 is 0. The van der Waals surface area contributed by atoms with Crippen LogP contribution in [-0.4, -0.2) is 65.8 Å². The lowest BCUT2D eigenvalue weighted by atomic mass is 9.92. The lowest BCUT2D eigenvalue weighted by Gasteiger charge is -2.34. The van der Waals surface area contributed by atoms with Gasteiger partial charge in [-0.3, -0.25) is 4.98 Å². The van der Waals surface area contributed by atoms with Crippen molar-refractivity contribution in [3.05, 3.63) is 24.0 Å². The van der Waals surface area contributed by atoms with Crippen LogP contribution in [0.3, 0.4) is 0 Å². The van der Waals surface area contributed by atoms with Gasteiger partial charge in [-0.05, 0) is 79.1 Å². The number of carbonyl (C=O) groups excluding carboxylic acids is 1.